The van der Waals surface area contributed by atoms with Crippen LogP contribution in [0.2, 0.25) is 0 Å². The topological polar surface area (TPSA) is 193 Å². The molecule has 0 aromatic carbocycles. The van der Waals surface area contributed by atoms with Crippen LogP contribution < -0.4 is 16.4 Å². The third-order valence-corrected chi connectivity index (χ3v) is 10.3. The molecule has 2 aliphatic rings. The maximum atomic E-state index is 12.7. The second-order valence-electron chi connectivity index (χ2n) is 14.5. The van der Waals surface area contributed by atoms with Crippen LogP contribution in [0.1, 0.15) is 91.5 Å². The van der Waals surface area contributed by atoms with E-state index >= 15 is 0 Å². The molecule has 2 saturated heterocycles. The second kappa shape index (κ2) is 19.1. The van der Waals surface area contributed by atoms with Gasteiger partial charge in [0, 0.05) is 45.4 Å². The Balaban J connectivity index is 1.26. The Morgan fingerprint density at radius 3 is 2.02 bits per heavy atom. The van der Waals surface area contributed by atoms with Crippen molar-refractivity contribution in [1.82, 2.24) is 25.3 Å². The molecule has 3 atom stereocenters. The normalized spacial score (nSPS) is 19.2. The molecule has 0 bridgehead atoms. The van der Waals surface area contributed by atoms with E-state index in [2.05, 4.69) is 20.8 Å². The van der Waals surface area contributed by atoms with Gasteiger partial charge in [0.15, 0.2) is 5.17 Å². The highest BCUT2D eigenvalue weighted by molar-refractivity contribution is 8.14. The van der Waals surface area contributed by atoms with Gasteiger partial charge in [-0.25, -0.2) is 9.59 Å². The maximum Gasteiger partial charge on any atom is 0.410 e. The Hall–Kier alpha value is -2.63. The van der Waals surface area contributed by atoms with Gasteiger partial charge in [-0.2, -0.15) is 11.8 Å². The van der Waals surface area contributed by atoms with E-state index in [4.69, 9.17) is 20.6 Å². The minimum atomic E-state index is -0.568. The maximum absolute atomic E-state index is 12.7. The zero-order chi connectivity index (χ0) is 36.2. The van der Waals surface area contributed by atoms with Crippen LogP contribution in [0, 0.1) is 17.2 Å². The van der Waals surface area contributed by atoms with Crippen molar-refractivity contribution in [2.75, 3.05) is 43.0 Å². The summed E-state index contributed by atoms with van der Waals surface area (Å²) in [5.74, 6) is 1.28. The average Bonchev–Trinajstić information content (AvgIpc) is 3.42. The van der Waals surface area contributed by atoms with Crippen molar-refractivity contribution in [3.05, 3.63) is 5.01 Å². The fraction of sp³-hybridized carbons (Fsp3) is 0.781. The highest BCUT2D eigenvalue weighted by atomic mass is 32.2. The molecule has 3 rings (SSSR count). The lowest BCUT2D eigenvalue weighted by Crippen LogP contribution is -2.44. The van der Waals surface area contributed by atoms with E-state index < -0.39 is 11.2 Å². The SMILES string of the molecule is CC(C)(C)OC(=O)N1CCCC(CC(=O)NC(=N)SC(N)CCSCCc2nnc(NC(=O)CC3CCCN(C(=O)OC(C)(C)C)C3)s2)C1. The van der Waals surface area contributed by atoms with Crippen LogP contribution >= 0.6 is 34.9 Å². The molecular formula is C32H54N8O6S3. The van der Waals surface area contributed by atoms with Crippen LogP contribution in [0.5, 0.6) is 0 Å². The third kappa shape index (κ3) is 16.3. The predicted octanol–water partition coefficient (Wildman–Crippen LogP) is 5.29. The molecule has 2 aliphatic heterocycles. The number of ether oxygens (including phenoxy) is 2. The van der Waals surface area contributed by atoms with Crippen LogP contribution in [0.4, 0.5) is 14.7 Å². The van der Waals surface area contributed by atoms with Crippen LogP contribution in [-0.2, 0) is 25.5 Å². The number of anilines is 1. The van der Waals surface area contributed by atoms with Crippen LogP contribution in [0.3, 0.4) is 0 Å². The number of nitrogens with two attached hydrogens (primary N) is 1. The van der Waals surface area contributed by atoms with Gasteiger partial charge < -0.3 is 35.6 Å². The molecule has 0 saturated carbocycles. The van der Waals surface area contributed by atoms with E-state index in [1.54, 1.807) is 21.6 Å². The summed E-state index contributed by atoms with van der Waals surface area (Å²) >= 11 is 4.19. The van der Waals surface area contributed by atoms with Gasteiger partial charge in [0.2, 0.25) is 16.9 Å². The minimum absolute atomic E-state index is 0.0183. The summed E-state index contributed by atoms with van der Waals surface area (Å²) < 4.78 is 10.9. The lowest BCUT2D eigenvalue weighted by molar-refractivity contribution is -0.121. The summed E-state index contributed by atoms with van der Waals surface area (Å²) in [4.78, 5) is 53.4. The van der Waals surface area contributed by atoms with Gasteiger partial charge >= 0.3 is 12.2 Å². The molecule has 14 nitrogen and oxygen atoms in total. The molecule has 276 valence electrons. The smallest absolute Gasteiger partial charge is 0.410 e. The van der Waals surface area contributed by atoms with Gasteiger partial charge in [-0.15, -0.1) is 10.2 Å². The first-order valence-electron chi connectivity index (χ1n) is 16.9. The molecular weight excluding hydrogens is 689 g/mol. The van der Waals surface area contributed by atoms with Crippen LogP contribution in [0.15, 0.2) is 0 Å². The first-order chi connectivity index (χ1) is 23.0. The fourth-order valence-electron chi connectivity index (χ4n) is 5.43. The molecule has 0 spiro atoms. The van der Waals surface area contributed by atoms with E-state index in [1.807, 2.05) is 41.5 Å². The molecule has 1 aromatic rings. The van der Waals surface area contributed by atoms with Crippen molar-refractivity contribution >= 4 is 69.2 Å². The zero-order valence-corrected chi connectivity index (χ0v) is 32.1. The van der Waals surface area contributed by atoms with E-state index in [9.17, 15) is 19.2 Å². The number of carbonyl (C=O) groups excluding carboxylic acids is 4. The molecule has 2 fully saturated rings. The monoisotopic (exact) mass is 742 g/mol. The van der Waals surface area contributed by atoms with E-state index in [1.165, 1.54) is 11.3 Å². The number of carbonyl (C=O) groups is 4. The van der Waals surface area contributed by atoms with E-state index in [0.717, 1.165) is 54.0 Å². The van der Waals surface area contributed by atoms with Crippen molar-refractivity contribution in [2.24, 2.45) is 17.6 Å². The highest BCUT2D eigenvalue weighted by Gasteiger charge is 2.30. The molecule has 0 radical (unpaired) electrons. The average molecular weight is 743 g/mol. The molecule has 3 unspecified atom stereocenters. The van der Waals surface area contributed by atoms with Gasteiger partial charge in [-0.3, -0.25) is 15.0 Å². The Labute approximate surface area is 302 Å². The standard InChI is InChI=1S/C32H54N8O6S3/c1-31(2,3)45-29(43)39-13-7-9-21(19-39)17-24(41)35-27(34)48-23(33)11-15-47-16-12-26-37-38-28(49-26)36-25(42)18-22-10-8-14-40(20-22)30(44)46-32(4,5)6/h21-23H,7-20,33H2,1-6H3,(H2,34,35,41)(H,36,38,42). The van der Waals surface area contributed by atoms with E-state index in [-0.39, 0.29) is 52.8 Å². The highest BCUT2D eigenvalue weighted by Crippen LogP contribution is 2.25. The Morgan fingerprint density at radius 1 is 0.918 bits per heavy atom. The Morgan fingerprint density at radius 2 is 1.47 bits per heavy atom. The number of aryl methyl sites for hydroxylation is 1. The van der Waals surface area contributed by atoms with Crippen LogP contribution in [0.25, 0.3) is 0 Å². The number of rotatable bonds is 12. The van der Waals surface area contributed by atoms with Gasteiger partial charge in [0.1, 0.15) is 16.2 Å². The number of hydrogen-bond acceptors (Lipinski definition) is 13. The van der Waals surface area contributed by atoms with Crippen molar-refractivity contribution in [2.45, 2.75) is 109 Å². The van der Waals surface area contributed by atoms with Gasteiger partial charge in [0.05, 0.1) is 5.37 Å². The van der Waals surface area contributed by atoms with Gasteiger partial charge in [-0.05, 0) is 97.0 Å². The van der Waals surface area contributed by atoms with Gasteiger partial charge in [-0.1, -0.05) is 23.1 Å². The number of amidine groups is 1. The molecule has 5 N–H and O–H groups in total. The first kappa shape index (κ1) is 40.8. The molecule has 1 aromatic heterocycles. The summed E-state index contributed by atoms with van der Waals surface area (Å²) in [5.41, 5.74) is 5.08. The van der Waals surface area contributed by atoms with Gasteiger partial charge in [0.25, 0.3) is 0 Å². The lowest BCUT2D eigenvalue weighted by Gasteiger charge is -2.33. The first-order valence-corrected chi connectivity index (χ1v) is 19.8. The fourth-order valence-corrected chi connectivity index (χ4v) is 8.13. The molecule has 4 amide bonds. The largest absolute Gasteiger partial charge is 0.444 e. The number of likely N-dealkylation sites (tertiary alicyclic amines) is 2. The Bertz CT molecular complexity index is 1280. The van der Waals surface area contributed by atoms with Crippen LogP contribution in [-0.4, -0.2) is 103 Å². The molecule has 3 heterocycles. The number of nitrogens with zero attached hydrogens (tertiary/aromatic N) is 4. The number of aromatic nitrogens is 2. The minimum Gasteiger partial charge on any atom is -0.444 e. The van der Waals surface area contributed by atoms with Crippen molar-refractivity contribution in [3.8, 4) is 0 Å². The number of piperidine rings is 2. The molecule has 17 heteroatoms. The zero-order valence-electron chi connectivity index (χ0n) is 29.7. The summed E-state index contributed by atoms with van der Waals surface area (Å²) in [7, 11) is 0. The van der Waals surface area contributed by atoms with E-state index in [0.29, 0.717) is 50.6 Å². The Kier molecular flexibility index (Phi) is 15.9. The quantitative estimate of drug-likeness (QED) is 0.0942. The third-order valence-electron chi connectivity index (χ3n) is 7.53. The number of thioether (sulfide) groups is 2. The second-order valence-corrected chi connectivity index (χ2v) is 18.0. The van der Waals surface area contributed by atoms with Crippen molar-refractivity contribution in [3.63, 3.8) is 0 Å². The lowest BCUT2D eigenvalue weighted by atomic mass is 9.95. The molecule has 0 aliphatic carbocycles. The summed E-state index contributed by atoms with van der Waals surface area (Å²) in [6.07, 6.45) is 4.56. The molecule has 49 heavy (non-hydrogen) atoms. The van der Waals surface area contributed by atoms with Crippen molar-refractivity contribution < 1.29 is 28.7 Å². The van der Waals surface area contributed by atoms with Crippen molar-refractivity contribution in [1.29, 1.82) is 5.41 Å². The number of nitrogens with one attached hydrogen (secondary N) is 3. The summed E-state index contributed by atoms with van der Waals surface area (Å²) in [6, 6.07) is 0. The number of hydrogen-bond donors (Lipinski definition) is 4. The predicted molar refractivity (Wildman–Crippen MR) is 196 cm³/mol. The number of amides is 4. The summed E-state index contributed by atoms with van der Waals surface area (Å²) in [5, 5.41) is 23.0. The summed E-state index contributed by atoms with van der Waals surface area (Å²) in [6.45, 7) is 13.2.